The van der Waals surface area contributed by atoms with E-state index in [4.69, 9.17) is 0 Å². The molecule has 0 amide bonds. The second kappa shape index (κ2) is 4.14. The number of benzene rings is 1. The van der Waals surface area contributed by atoms with Crippen LogP contribution < -0.4 is 0 Å². The second-order valence-electron chi connectivity index (χ2n) is 5.25. The van der Waals surface area contributed by atoms with Gasteiger partial charge in [0.15, 0.2) is 5.78 Å². The van der Waals surface area contributed by atoms with Gasteiger partial charge in [-0.25, -0.2) is 0 Å². The third kappa shape index (κ3) is 1.84. The van der Waals surface area contributed by atoms with Gasteiger partial charge in [0, 0.05) is 0 Å². The lowest BCUT2D eigenvalue weighted by atomic mass is 9.83. The average molecular weight is 226 g/mol. The maximum absolute atomic E-state index is 12.6. The van der Waals surface area contributed by atoms with E-state index in [1.807, 2.05) is 18.2 Å². The summed E-state index contributed by atoms with van der Waals surface area (Å²) in [6.45, 7) is 0. The molecular formula is C16H18O. The first-order chi connectivity index (χ1) is 8.33. The molecule has 17 heavy (non-hydrogen) atoms. The number of ketones is 1. The average Bonchev–Trinajstić information content (AvgIpc) is 3.21. The van der Waals surface area contributed by atoms with Gasteiger partial charge in [0.1, 0.15) is 0 Å². The highest BCUT2D eigenvalue weighted by Gasteiger charge is 2.51. The molecule has 2 aliphatic carbocycles. The van der Waals surface area contributed by atoms with Crippen molar-refractivity contribution >= 4 is 5.78 Å². The van der Waals surface area contributed by atoms with Gasteiger partial charge in [0.05, 0.1) is 5.41 Å². The van der Waals surface area contributed by atoms with Crippen LogP contribution in [-0.4, -0.2) is 5.78 Å². The smallest absolute Gasteiger partial charge is 0.169 e. The largest absolute Gasteiger partial charge is 0.294 e. The third-order valence-corrected chi connectivity index (χ3v) is 4.09. The predicted molar refractivity (Wildman–Crippen MR) is 68.9 cm³/mol. The van der Waals surface area contributed by atoms with Crippen LogP contribution in [0.15, 0.2) is 42.0 Å². The van der Waals surface area contributed by atoms with Crippen molar-refractivity contribution in [2.24, 2.45) is 0 Å². The van der Waals surface area contributed by atoms with Crippen molar-refractivity contribution in [2.45, 2.75) is 43.9 Å². The number of carbonyl (C=O) groups is 1. The minimum Gasteiger partial charge on any atom is -0.294 e. The maximum Gasteiger partial charge on any atom is 0.169 e. The highest BCUT2D eigenvalue weighted by Crippen LogP contribution is 2.51. The minimum absolute atomic E-state index is 0.148. The summed E-state index contributed by atoms with van der Waals surface area (Å²) in [4.78, 5) is 12.6. The van der Waals surface area contributed by atoms with Crippen LogP contribution in [0.5, 0.6) is 0 Å². The molecule has 88 valence electrons. The highest BCUT2D eigenvalue weighted by atomic mass is 16.1. The quantitative estimate of drug-likeness (QED) is 0.766. The van der Waals surface area contributed by atoms with E-state index in [1.54, 1.807) is 0 Å². The molecule has 0 spiro atoms. The van der Waals surface area contributed by atoms with Crippen molar-refractivity contribution in [3.8, 4) is 0 Å². The molecule has 1 heteroatoms. The summed E-state index contributed by atoms with van der Waals surface area (Å²) in [6.07, 6.45) is 8.76. The fourth-order valence-corrected chi connectivity index (χ4v) is 2.88. The van der Waals surface area contributed by atoms with E-state index in [0.717, 1.165) is 31.3 Å². The topological polar surface area (TPSA) is 17.1 Å². The number of Topliss-reactive ketones (excluding diaryl/α,β-unsaturated/α-hetero) is 1. The van der Waals surface area contributed by atoms with E-state index >= 15 is 0 Å². The van der Waals surface area contributed by atoms with Crippen LogP contribution in [0, 0.1) is 0 Å². The monoisotopic (exact) mass is 226 g/mol. The van der Waals surface area contributed by atoms with Crippen LogP contribution in [0.1, 0.15) is 44.1 Å². The van der Waals surface area contributed by atoms with Crippen molar-refractivity contribution in [3.63, 3.8) is 0 Å². The molecule has 0 N–H and O–H groups in total. The number of rotatable bonds is 3. The molecule has 0 atom stereocenters. The first-order valence-corrected chi connectivity index (χ1v) is 6.62. The first-order valence-electron chi connectivity index (χ1n) is 6.62. The molecule has 1 aromatic rings. The lowest BCUT2D eigenvalue weighted by Crippen LogP contribution is -2.23. The minimum atomic E-state index is -0.148. The van der Waals surface area contributed by atoms with Crippen molar-refractivity contribution < 1.29 is 4.79 Å². The predicted octanol–water partition coefficient (Wildman–Crippen LogP) is 3.79. The van der Waals surface area contributed by atoms with Gasteiger partial charge in [0.25, 0.3) is 0 Å². The van der Waals surface area contributed by atoms with Crippen LogP contribution in [0.2, 0.25) is 0 Å². The molecule has 1 fully saturated rings. The Morgan fingerprint density at radius 3 is 2.41 bits per heavy atom. The Morgan fingerprint density at radius 2 is 1.82 bits per heavy atom. The molecule has 0 aromatic heterocycles. The summed E-state index contributed by atoms with van der Waals surface area (Å²) in [7, 11) is 0. The molecule has 0 bridgehead atoms. The zero-order valence-corrected chi connectivity index (χ0v) is 10.1. The van der Waals surface area contributed by atoms with Gasteiger partial charge in [-0.15, -0.1) is 0 Å². The molecule has 1 aromatic carbocycles. The summed E-state index contributed by atoms with van der Waals surface area (Å²) in [5, 5.41) is 0. The van der Waals surface area contributed by atoms with Crippen molar-refractivity contribution in [3.05, 3.63) is 47.5 Å². The van der Waals surface area contributed by atoms with Crippen LogP contribution in [0.4, 0.5) is 0 Å². The molecule has 0 aliphatic heterocycles. The van der Waals surface area contributed by atoms with Crippen LogP contribution in [0.25, 0.3) is 0 Å². The number of allylic oxidation sites excluding steroid dienone is 2. The van der Waals surface area contributed by atoms with Gasteiger partial charge >= 0.3 is 0 Å². The zero-order valence-electron chi connectivity index (χ0n) is 10.1. The van der Waals surface area contributed by atoms with E-state index in [0.29, 0.717) is 5.78 Å². The SMILES string of the molecule is O=C(C1=CCCCC1)C1(c2ccccc2)CC1. The molecule has 1 saturated carbocycles. The van der Waals surface area contributed by atoms with Gasteiger partial charge in [-0.2, -0.15) is 0 Å². The lowest BCUT2D eigenvalue weighted by Gasteiger charge is -2.19. The van der Waals surface area contributed by atoms with Crippen molar-refractivity contribution in [2.75, 3.05) is 0 Å². The van der Waals surface area contributed by atoms with Crippen LogP contribution in [-0.2, 0) is 10.2 Å². The molecule has 0 radical (unpaired) electrons. The Hall–Kier alpha value is -1.37. The van der Waals surface area contributed by atoms with E-state index in [1.165, 1.54) is 18.4 Å². The van der Waals surface area contributed by atoms with Gasteiger partial charge in [-0.05, 0) is 49.7 Å². The first kappa shape index (κ1) is 10.8. The van der Waals surface area contributed by atoms with Gasteiger partial charge in [-0.1, -0.05) is 36.4 Å². The van der Waals surface area contributed by atoms with Gasteiger partial charge in [0.2, 0.25) is 0 Å². The summed E-state index contributed by atoms with van der Waals surface area (Å²) in [5.41, 5.74) is 2.17. The van der Waals surface area contributed by atoms with E-state index < -0.39 is 0 Å². The number of hydrogen-bond donors (Lipinski definition) is 0. The highest BCUT2D eigenvalue weighted by molar-refractivity contribution is 6.05. The fraction of sp³-hybridized carbons (Fsp3) is 0.438. The number of hydrogen-bond acceptors (Lipinski definition) is 1. The summed E-state index contributed by atoms with van der Waals surface area (Å²) in [5.74, 6) is 0.406. The Labute approximate surface area is 103 Å². The maximum atomic E-state index is 12.6. The van der Waals surface area contributed by atoms with E-state index in [-0.39, 0.29) is 5.41 Å². The molecule has 0 saturated heterocycles. The Bertz CT molecular complexity index is 452. The molecular weight excluding hydrogens is 208 g/mol. The van der Waals surface area contributed by atoms with Crippen molar-refractivity contribution in [1.82, 2.24) is 0 Å². The van der Waals surface area contributed by atoms with Crippen LogP contribution in [0.3, 0.4) is 0 Å². The molecule has 3 rings (SSSR count). The van der Waals surface area contributed by atoms with Gasteiger partial charge in [-0.3, -0.25) is 4.79 Å². The molecule has 0 unspecified atom stereocenters. The second-order valence-corrected chi connectivity index (χ2v) is 5.25. The Morgan fingerprint density at radius 1 is 1.06 bits per heavy atom. The lowest BCUT2D eigenvalue weighted by molar-refractivity contribution is -0.118. The third-order valence-electron chi connectivity index (χ3n) is 4.09. The normalized spacial score (nSPS) is 21.8. The van der Waals surface area contributed by atoms with Crippen LogP contribution >= 0.6 is 0 Å². The Kier molecular flexibility index (Phi) is 2.62. The number of carbonyl (C=O) groups excluding carboxylic acids is 1. The molecule has 2 aliphatic rings. The summed E-state index contributed by atoms with van der Waals surface area (Å²) in [6, 6.07) is 10.3. The van der Waals surface area contributed by atoms with E-state index in [2.05, 4.69) is 18.2 Å². The Balaban J connectivity index is 1.89. The molecule has 1 nitrogen and oxygen atoms in total. The summed E-state index contributed by atoms with van der Waals surface area (Å²) < 4.78 is 0. The van der Waals surface area contributed by atoms with Gasteiger partial charge < -0.3 is 0 Å². The zero-order chi connectivity index (χ0) is 11.7. The fourth-order valence-electron chi connectivity index (χ4n) is 2.88. The molecule has 0 heterocycles. The van der Waals surface area contributed by atoms with Crippen molar-refractivity contribution in [1.29, 1.82) is 0 Å². The van der Waals surface area contributed by atoms with E-state index in [9.17, 15) is 4.79 Å². The summed E-state index contributed by atoms with van der Waals surface area (Å²) >= 11 is 0. The standard InChI is InChI=1S/C16H18O/c17-15(13-7-3-1-4-8-13)16(11-12-16)14-9-5-2-6-10-14/h2,5-7,9-10H,1,3-4,8,11-12H2.